The van der Waals surface area contributed by atoms with Gasteiger partial charge in [-0.3, -0.25) is 4.98 Å². The molecule has 14 heteroatoms. The molecule has 5 rings (SSSR count). The Morgan fingerprint density at radius 2 is 1.69 bits per heavy atom. The summed E-state index contributed by atoms with van der Waals surface area (Å²) in [4.78, 5) is 9.33. The van der Waals surface area contributed by atoms with E-state index in [1.807, 2.05) is 0 Å². The van der Waals surface area contributed by atoms with Crippen LogP contribution in [0, 0.1) is 11.6 Å². The molecule has 0 aliphatic carbocycles. The van der Waals surface area contributed by atoms with Crippen LogP contribution in [-0.4, -0.2) is 60.8 Å². The molecule has 2 atom stereocenters. The Morgan fingerprint density at radius 1 is 1.03 bits per heavy atom. The smallest absolute Gasteiger partial charge is 0.355 e. The molecule has 0 saturated carbocycles. The highest BCUT2D eigenvalue weighted by Gasteiger charge is 2.57. The molecule has 2 aliphatic heterocycles. The highest BCUT2D eigenvalue weighted by molar-refractivity contribution is 7.89. The van der Waals surface area contributed by atoms with Crippen LogP contribution in [0.3, 0.4) is 0 Å². The van der Waals surface area contributed by atoms with Crippen molar-refractivity contribution < 1.29 is 39.5 Å². The van der Waals surface area contributed by atoms with E-state index in [9.17, 15) is 30.4 Å². The number of benzene rings is 2. The summed E-state index contributed by atoms with van der Waals surface area (Å²) in [5.74, 6) is -2.01. The number of anilines is 1. The number of hydrogen-bond donors (Lipinski definition) is 0. The van der Waals surface area contributed by atoms with Crippen LogP contribution in [0.4, 0.5) is 32.2 Å². The van der Waals surface area contributed by atoms with Gasteiger partial charge in [0.1, 0.15) is 5.82 Å². The number of sulfonamides is 1. The number of rotatable bonds is 3. The number of piperidine rings is 1. The van der Waals surface area contributed by atoms with E-state index in [-0.39, 0.29) is 49.5 Å². The van der Waals surface area contributed by atoms with Gasteiger partial charge in [-0.15, -0.1) is 0 Å². The predicted octanol–water partition coefficient (Wildman–Crippen LogP) is 3.89. The zero-order valence-electron chi connectivity index (χ0n) is 18.3. The Balaban J connectivity index is 1.40. The highest BCUT2D eigenvalue weighted by atomic mass is 32.2. The summed E-state index contributed by atoms with van der Waals surface area (Å²) in [6.45, 7) is -0.530. The van der Waals surface area contributed by atoms with Gasteiger partial charge in [-0.05, 0) is 24.3 Å². The standard InChI is InChI=1S/C22H18F6N4O3S/c23-15-9-17-18(10-16(15)24)30-20(11-29-17)31-6-5-21(19(25)12-31)32(7-8-35-21)36(33,34)14-3-1-13(2-4-14)22(26,27)28/h1-4,9-11,19H,5-8,12H2/t19-,21+/m1/s1. The van der Waals surface area contributed by atoms with E-state index in [1.54, 1.807) is 0 Å². The molecule has 1 spiro atoms. The molecule has 0 bridgehead atoms. The van der Waals surface area contributed by atoms with Crippen molar-refractivity contribution in [3.05, 3.63) is 59.8 Å². The molecule has 2 fully saturated rings. The summed E-state index contributed by atoms with van der Waals surface area (Å²) in [5, 5.41) is 0. The second-order valence-corrected chi connectivity index (χ2v) is 10.3. The average molecular weight is 532 g/mol. The maximum Gasteiger partial charge on any atom is 0.416 e. The predicted molar refractivity (Wildman–Crippen MR) is 115 cm³/mol. The van der Waals surface area contributed by atoms with Crippen molar-refractivity contribution in [1.29, 1.82) is 0 Å². The summed E-state index contributed by atoms with van der Waals surface area (Å²) in [6.07, 6.45) is -5.34. The second kappa shape index (κ2) is 8.56. The number of ether oxygens (including phenoxy) is 1. The van der Waals surface area contributed by atoms with E-state index in [0.717, 1.165) is 28.6 Å². The third-order valence-corrected chi connectivity index (χ3v) is 8.28. The molecule has 0 amide bonds. The number of hydrogen-bond acceptors (Lipinski definition) is 6. The van der Waals surface area contributed by atoms with E-state index < -0.39 is 50.2 Å². The summed E-state index contributed by atoms with van der Waals surface area (Å²) in [7, 11) is -4.38. The van der Waals surface area contributed by atoms with Gasteiger partial charge in [-0.1, -0.05) is 0 Å². The Morgan fingerprint density at radius 3 is 2.33 bits per heavy atom. The molecule has 3 aromatic rings. The number of alkyl halides is 4. The Hall–Kier alpha value is -2.97. The van der Waals surface area contributed by atoms with E-state index >= 15 is 4.39 Å². The Kier molecular flexibility index (Phi) is 5.87. The molecule has 3 heterocycles. The summed E-state index contributed by atoms with van der Waals surface area (Å²) in [6, 6.07) is 4.73. The topological polar surface area (TPSA) is 75.6 Å². The third kappa shape index (κ3) is 4.06. The first-order valence-corrected chi connectivity index (χ1v) is 12.2. The molecule has 2 saturated heterocycles. The van der Waals surface area contributed by atoms with Crippen LogP contribution < -0.4 is 4.90 Å². The summed E-state index contributed by atoms with van der Waals surface area (Å²) in [5.41, 5.74) is -2.69. The second-order valence-electron chi connectivity index (χ2n) is 8.44. The lowest BCUT2D eigenvalue weighted by molar-refractivity contribution is -0.137. The molecule has 0 radical (unpaired) electrons. The first kappa shape index (κ1) is 24.7. The van der Waals surface area contributed by atoms with E-state index in [2.05, 4.69) is 9.97 Å². The fourth-order valence-corrected chi connectivity index (χ4v) is 6.23. The molecule has 192 valence electrons. The fourth-order valence-electron chi connectivity index (χ4n) is 4.51. The van der Waals surface area contributed by atoms with Crippen molar-refractivity contribution in [3.8, 4) is 0 Å². The first-order chi connectivity index (χ1) is 16.9. The average Bonchev–Trinajstić information content (AvgIpc) is 3.26. The van der Waals surface area contributed by atoms with Crippen molar-refractivity contribution in [2.75, 3.05) is 31.1 Å². The van der Waals surface area contributed by atoms with Crippen molar-refractivity contribution in [2.24, 2.45) is 0 Å². The van der Waals surface area contributed by atoms with Crippen LogP contribution in [0.15, 0.2) is 47.5 Å². The van der Waals surface area contributed by atoms with Gasteiger partial charge in [0, 0.05) is 31.6 Å². The van der Waals surface area contributed by atoms with Crippen LogP contribution in [0.25, 0.3) is 11.0 Å². The number of aromatic nitrogens is 2. The van der Waals surface area contributed by atoms with E-state index in [1.165, 1.54) is 11.1 Å². The van der Waals surface area contributed by atoms with Gasteiger partial charge in [0.15, 0.2) is 23.5 Å². The number of fused-ring (bicyclic) bond motifs is 1. The zero-order valence-corrected chi connectivity index (χ0v) is 19.2. The Labute approximate surface area is 201 Å². The molecule has 7 nitrogen and oxygen atoms in total. The van der Waals surface area contributed by atoms with Gasteiger partial charge in [0.05, 0.1) is 40.8 Å². The van der Waals surface area contributed by atoms with Crippen LogP contribution >= 0.6 is 0 Å². The first-order valence-electron chi connectivity index (χ1n) is 10.8. The van der Waals surface area contributed by atoms with Crippen LogP contribution in [0.2, 0.25) is 0 Å². The maximum atomic E-state index is 15.6. The molecule has 0 unspecified atom stereocenters. The lowest BCUT2D eigenvalue weighted by atomic mass is 9.98. The molecule has 36 heavy (non-hydrogen) atoms. The SMILES string of the molecule is O=S(=O)(c1ccc(C(F)(F)F)cc1)N1CCO[C@]12CCN(c1cnc3cc(F)c(F)cc3n1)C[C@H]2F. The minimum atomic E-state index is -4.64. The molecular formula is C22H18F6N4O3S. The van der Waals surface area contributed by atoms with Gasteiger partial charge < -0.3 is 9.64 Å². The van der Waals surface area contributed by atoms with Crippen LogP contribution in [0.5, 0.6) is 0 Å². The van der Waals surface area contributed by atoms with Crippen molar-refractivity contribution >= 4 is 26.9 Å². The minimum Gasteiger partial charge on any atom is -0.355 e. The van der Waals surface area contributed by atoms with Gasteiger partial charge in [-0.25, -0.2) is 26.6 Å². The van der Waals surface area contributed by atoms with Crippen molar-refractivity contribution in [2.45, 2.75) is 29.4 Å². The van der Waals surface area contributed by atoms with Crippen molar-refractivity contribution in [3.63, 3.8) is 0 Å². The van der Waals surface area contributed by atoms with E-state index in [0.29, 0.717) is 12.1 Å². The molecule has 2 aliphatic rings. The van der Waals surface area contributed by atoms with Gasteiger partial charge in [0.2, 0.25) is 10.0 Å². The summed E-state index contributed by atoms with van der Waals surface area (Å²) < 4.78 is 114. The fraction of sp³-hybridized carbons (Fsp3) is 0.364. The van der Waals surface area contributed by atoms with Crippen LogP contribution in [-0.2, 0) is 20.9 Å². The largest absolute Gasteiger partial charge is 0.416 e. The zero-order chi connectivity index (χ0) is 25.9. The quantitative estimate of drug-likeness (QED) is 0.477. The lowest BCUT2D eigenvalue weighted by Gasteiger charge is -2.45. The van der Waals surface area contributed by atoms with Crippen LogP contribution in [0.1, 0.15) is 12.0 Å². The molecular weight excluding hydrogens is 514 g/mol. The molecule has 0 N–H and O–H groups in total. The lowest BCUT2D eigenvalue weighted by Crippen LogP contribution is -2.62. The highest BCUT2D eigenvalue weighted by Crippen LogP contribution is 2.41. The minimum absolute atomic E-state index is 0.0609. The molecule has 2 aromatic carbocycles. The van der Waals surface area contributed by atoms with Crippen molar-refractivity contribution in [1.82, 2.24) is 14.3 Å². The maximum absolute atomic E-state index is 15.6. The normalized spacial score (nSPS) is 23.6. The number of halogens is 6. The van der Waals surface area contributed by atoms with Gasteiger partial charge in [-0.2, -0.15) is 17.5 Å². The summed E-state index contributed by atoms with van der Waals surface area (Å²) >= 11 is 0. The monoisotopic (exact) mass is 532 g/mol. The Bertz CT molecular complexity index is 1420. The molecule has 1 aromatic heterocycles. The van der Waals surface area contributed by atoms with Gasteiger partial charge in [0.25, 0.3) is 0 Å². The van der Waals surface area contributed by atoms with Gasteiger partial charge >= 0.3 is 6.18 Å². The van der Waals surface area contributed by atoms with E-state index in [4.69, 9.17) is 4.74 Å². The third-order valence-electron chi connectivity index (χ3n) is 6.34. The number of nitrogens with zero attached hydrogens (tertiary/aromatic N) is 4.